The predicted molar refractivity (Wildman–Crippen MR) is 47.0 cm³/mol. The standard InChI is InChI=1S/C9H10N2O2/c10-11-9(12)7-5-13-8-4-2-1-3-6(7)8/h1-4,7H,5,10H2,(H,11,12)/t7-/m1/s1. The number of ether oxygens (including phenoxy) is 1. The van der Waals surface area contributed by atoms with E-state index >= 15 is 0 Å². The van der Waals surface area contributed by atoms with E-state index in [9.17, 15) is 4.79 Å². The topological polar surface area (TPSA) is 64.3 Å². The molecule has 0 spiro atoms. The average Bonchev–Trinajstić information content (AvgIpc) is 2.60. The summed E-state index contributed by atoms with van der Waals surface area (Å²) in [5.74, 6) is 5.36. The first-order valence-corrected chi connectivity index (χ1v) is 4.05. The summed E-state index contributed by atoms with van der Waals surface area (Å²) >= 11 is 0. The molecule has 1 aliphatic rings. The largest absolute Gasteiger partial charge is 0.492 e. The van der Waals surface area contributed by atoms with Gasteiger partial charge in [-0.1, -0.05) is 18.2 Å². The summed E-state index contributed by atoms with van der Waals surface area (Å²) in [6.07, 6.45) is 0. The Balaban J connectivity index is 2.33. The second-order valence-corrected chi connectivity index (χ2v) is 2.91. The number of carbonyl (C=O) groups excluding carboxylic acids is 1. The molecule has 0 radical (unpaired) electrons. The minimum absolute atomic E-state index is 0.204. The number of para-hydroxylation sites is 1. The normalized spacial score (nSPS) is 19.0. The van der Waals surface area contributed by atoms with Crippen LogP contribution >= 0.6 is 0 Å². The molecule has 1 atom stereocenters. The Hall–Kier alpha value is -1.55. The first kappa shape index (κ1) is 8.07. The number of amides is 1. The third-order valence-corrected chi connectivity index (χ3v) is 2.16. The van der Waals surface area contributed by atoms with Gasteiger partial charge < -0.3 is 4.74 Å². The molecule has 0 fully saturated rings. The number of hydrazine groups is 1. The summed E-state index contributed by atoms with van der Waals surface area (Å²) in [7, 11) is 0. The van der Waals surface area contributed by atoms with E-state index in [2.05, 4.69) is 5.43 Å². The van der Waals surface area contributed by atoms with E-state index < -0.39 is 0 Å². The Bertz CT molecular complexity index is 338. The molecule has 0 bridgehead atoms. The van der Waals surface area contributed by atoms with Gasteiger partial charge in [0, 0.05) is 5.56 Å². The number of hydrogen-bond acceptors (Lipinski definition) is 3. The van der Waals surface area contributed by atoms with Crippen LogP contribution in [0.25, 0.3) is 0 Å². The summed E-state index contributed by atoms with van der Waals surface area (Å²) in [6, 6.07) is 7.48. The lowest BCUT2D eigenvalue weighted by molar-refractivity contribution is -0.122. The zero-order valence-electron chi connectivity index (χ0n) is 6.99. The number of carbonyl (C=O) groups is 1. The minimum Gasteiger partial charge on any atom is -0.492 e. The first-order chi connectivity index (χ1) is 6.33. The smallest absolute Gasteiger partial charge is 0.245 e. The maximum atomic E-state index is 11.3. The van der Waals surface area contributed by atoms with Crippen molar-refractivity contribution in [2.75, 3.05) is 6.61 Å². The van der Waals surface area contributed by atoms with Crippen molar-refractivity contribution in [1.82, 2.24) is 5.43 Å². The summed E-state index contributed by atoms with van der Waals surface area (Å²) in [5, 5.41) is 0. The van der Waals surface area contributed by atoms with Crippen LogP contribution in [0, 0.1) is 0 Å². The predicted octanol–water partition coefficient (Wildman–Crippen LogP) is 0.152. The van der Waals surface area contributed by atoms with E-state index in [0.717, 1.165) is 11.3 Å². The number of hydrogen-bond donors (Lipinski definition) is 2. The highest BCUT2D eigenvalue weighted by molar-refractivity contribution is 5.84. The number of nitrogens with two attached hydrogens (primary N) is 1. The summed E-state index contributed by atoms with van der Waals surface area (Å²) in [5.41, 5.74) is 3.04. The van der Waals surface area contributed by atoms with Gasteiger partial charge in [0.05, 0.1) is 0 Å². The van der Waals surface area contributed by atoms with E-state index in [4.69, 9.17) is 10.6 Å². The number of benzene rings is 1. The lowest BCUT2D eigenvalue weighted by Crippen LogP contribution is -2.35. The second-order valence-electron chi connectivity index (χ2n) is 2.91. The molecule has 3 N–H and O–H groups in total. The van der Waals surface area contributed by atoms with Crippen molar-refractivity contribution < 1.29 is 9.53 Å². The molecule has 1 heterocycles. The van der Waals surface area contributed by atoms with E-state index in [0.29, 0.717) is 6.61 Å². The van der Waals surface area contributed by atoms with Crippen molar-refractivity contribution in [3.05, 3.63) is 29.8 Å². The molecule has 0 saturated heterocycles. The molecule has 1 aromatic rings. The zero-order valence-corrected chi connectivity index (χ0v) is 6.99. The van der Waals surface area contributed by atoms with E-state index in [1.165, 1.54) is 0 Å². The van der Waals surface area contributed by atoms with Crippen LogP contribution in [-0.2, 0) is 4.79 Å². The van der Waals surface area contributed by atoms with Gasteiger partial charge in [0.2, 0.25) is 5.91 Å². The summed E-state index contributed by atoms with van der Waals surface area (Å²) in [6.45, 7) is 0.377. The number of rotatable bonds is 1. The Labute approximate surface area is 75.7 Å². The van der Waals surface area contributed by atoms with Crippen molar-refractivity contribution in [2.45, 2.75) is 5.92 Å². The number of fused-ring (bicyclic) bond motifs is 1. The van der Waals surface area contributed by atoms with Crippen LogP contribution in [0.15, 0.2) is 24.3 Å². The highest BCUT2D eigenvalue weighted by atomic mass is 16.5. The highest BCUT2D eigenvalue weighted by Crippen LogP contribution is 2.33. The fourth-order valence-electron chi connectivity index (χ4n) is 1.48. The quantitative estimate of drug-likeness (QED) is 0.365. The molecule has 4 nitrogen and oxygen atoms in total. The van der Waals surface area contributed by atoms with Crippen molar-refractivity contribution in [3.63, 3.8) is 0 Å². The van der Waals surface area contributed by atoms with Crippen LogP contribution in [-0.4, -0.2) is 12.5 Å². The average molecular weight is 178 g/mol. The van der Waals surface area contributed by atoms with Crippen LogP contribution in [0.3, 0.4) is 0 Å². The molecule has 4 heteroatoms. The third-order valence-electron chi connectivity index (χ3n) is 2.16. The second kappa shape index (κ2) is 3.06. The first-order valence-electron chi connectivity index (χ1n) is 4.05. The lowest BCUT2D eigenvalue weighted by Gasteiger charge is -2.05. The maximum Gasteiger partial charge on any atom is 0.245 e. The monoisotopic (exact) mass is 178 g/mol. The van der Waals surface area contributed by atoms with Gasteiger partial charge in [0.15, 0.2) is 0 Å². The van der Waals surface area contributed by atoms with Gasteiger partial charge in [-0.2, -0.15) is 0 Å². The molecular weight excluding hydrogens is 168 g/mol. The van der Waals surface area contributed by atoms with Gasteiger partial charge >= 0.3 is 0 Å². The molecule has 1 aliphatic heterocycles. The van der Waals surface area contributed by atoms with Gasteiger partial charge in [-0.3, -0.25) is 10.2 Å². The molecule has 0 aromatic heterocycles. The van der Waals surface area contributed by atoms with Crippen LogP contribution in [0.1, 0.15) is 11.5 Å². The number of nitrogens with one attached hydrogen (secondary N) is 1. The van der Waals surface area contributed by atoms with Gasteiger partial charge in [-0.05, 0) is 6.07 Å². The van der Waals surface area contributed by atoms with E-state index in [-0.39, 0.29) is 11.8 Å². The molecule has 2 rings (SSSR count). The molecule has 0 aliphatic carbocycles. The molecule has 1 amide bonds. The molecular formula is C9H10N2O2. The lowest BCUT2D eigenvalue weighted by atomic mass is 10.0. The van der Waals surface area contributed by atoms with Crippen molar-refractivity contribution in [2.24, 2.45) is 5.84 Å². The van der Waals surface area contributed by atoms with Crippen molar-refractivity contribution in [3.8, 4) is 5.75 Å². The van der Waals surface area contributed by atoms with Crippen LogP contribution in [0.4, 0.5) is 0 Å². The zero-order chi connectivity index (χ0) is 9.26. The molecule has 0 saturated carbocycles. The third kappa shape index (κ3) is 1.25. The van der Waals surface area contributed by atoms with Gasteiger partial charge in [0.1, 0.15) is 18.3 Å². The fraction of sp³-hybridized carbons (Fsp3) is 0.222. The Morgan fingerprint density at radius 3 is 3.08 bits per heavy atom. The Morgan fingerprint density at radius 2 is 2.31 bits per heavy atom. The molecule has 68 valence electrons. The van der Waals surface area contributed by atoms with E-state index in [1.807, 2.05) is 24.3 Å². The van der Waals surface area contributed by atoms with Crippen LogP contribution < -0.4 is 16.0 Å². The summed E-state index contributed by atoms with van der Waals surface area (Å²) in [4.78, 5) is 11.3. The van der Waals surface area contributed by atoms with E-state index in [1.54, 1.807) is 0 Å². The SMILES string of the molecule is NNC(=O)[C@@H]1COc2ccccc21. The Morgan fingerprint density at radius 1 is 1.54 bits per heavy atom. The van der Waals surface area contributed by atoms with Crippen molar-refractivity contribution in [1.29, 1.82) is 0 Å². The van der Waals surface area contributed by atoms with Gasteiger partial charge in [0.25, 0.3) is 0 Å². The van der Waals surface area contributed by atoms with Gasteiger partial charge in [-0.25, -0.2) is 5.84 Å². The fourth-order valence-corrected chi connectivity index (χ4v) is 1.48. The van der Waals surface area contributed by atoms with Crippen LogP contribution in [0.5, 0.6) is 5.75 Å². The van der Waals surface area contributed by atoms with Gasteiger partial charge in [-0.15, -0.1) is 0 Å². The molecule has 1 aromatic carbocycles. The van der Waals surface area contributed by atoms with Crippen LogP contribution in [0.2, 0.25) is 0 Å². The summed E-state index contributed by atoms with van der Waals surface area (Å²) < 4.78 is 5.32. The molecule has 13 heavy (non-hydrogen) atoms. The highest BCUT2D eigenvalue weighted by Gasteiger charge is 2.29. The van der Waals surface area contributed by atoms with Crippen molar-refractivity contribution >= 4 is 5.91 Å². The molecule has 0 unspecified atom stereocenters. The minimum atomic E-state index is -0.263. The maximum absolute atomic E-state index is 11.3. The Kier molecular flexibility index (Phi) is 1.90.